The first-order valence-electron chi connectivity index (χ1n) is 6.52. The molecule has 108 valence electrons. The third-order valence-electron chi connectivity index (χ3n) is 2.58. The van der Waals surface area contributed by atoms with Crippen LogP contribution in [0.1, 0.15) is 25.2 Å². The summed E-state index contributed by atoms with van der Waals surface area (Å²) in [6, 6.07) is 6.18. The lowest BCUT2D eigenvalue weighted by atomic mass is 10.2. The van der Waals surface area contributed by atoms with E-state index in [1.54, 1.807) is 11.8 Å². The largest absolute Gasteiger partial charge is 0.312 e. The molecule has 2 aromatic rings. The molecule has 20 heavy (non-hydrogen) atoms. The second kappa shape index (κ2) is 7.41. The minimum atomic E-state index is 0.654. The summed E-state index contributed by atoms with van der Waals surface area (Å²) in [7, 11) is 0. The summed E-state index contributed by atoms with van der Waals surface area (Å²) in [5, 5.41) is 4.19. The molecule has 0 spiro atoms. The fraction of sp³-hybridized carbons (Fsp3) is 0.429. The van der Waals surface area contributed by atoms with Crippen molar-refractivity contribution in [3.8, 4) is 0 Å². The smallest absolute Gasteiger partial charge is 0.174 e. The molecule has 1 N–H and O–H groups in total. The molecule has 0 saturated carbocycles. The Bertz CT molecular complexity index is 569. The van der Waals surface area contributed by atoms with Gasteiger partial charge in [-0.15, -0.1) is 0 Å². The van der Waals surface area contributed by atoms with Gasteiger partial charge in [-0.1, -0.05) is 43.3 Å². The fourth-order valence-corrected chi connectivity index (χ4v) is 3.59. The van der Waals surface area contributed by atoms with Gasteiger partial charge in [0.2, 0.25) is 0 Å². The third-order valence-corrected chi connectivity index (χ3v) is 4.93. The summed E-state index contributed by atoms with van der Waals surface area (Å²) >= 11 is 9.31. The Balaban J connectivity index is 1.98. The first-order valence-corrected chi connectivity index (χ1v) is 8.48. The lowest BCUT2D eigenvalue weighted by Crippen LogP contribution is -2.18. The zero-order valence-corrected chi connectivity index (χ0v) is 14.2. The van der Waals surface area contributed by atoms with E-state index in [2.05, 4.69) is 40.7 Å². The van der Waals surface area contributed by atoms with Crippen molar-refractivity contribution in [1.82, 2.24) is 14.7 Å². The van der Waals surface area contributed by atoms with Crippen LogP contribution >= 0.6 is 34.9 Å². The number of nitrogens with one attached hydrogen (secondary N) is 1. The number of aryl methyl sites for hydroxylation is 1. The van der Waals surface area contributed by atoms with Gasteiger partial charge in [0.05, 0.1) is 5.02 Å². The molecule has 0 aliphatic heterocycles. The highest BCUT2D eigenvalue weighted by Gasteiger charge is 2.07. The van der Waals surface area contributed by atoms with E-state index in [1.165, 1.54) is 17.1 Å². The van der Waals surface area contributed by atoms with Crippen LogP contribution in [0.3, 0.4) is 0 Å². The summed E-state index contributed by atoms with van der Waals surface area (Å²) in [6.45, 7) is 8.15. The highest BCUT2D eigenvalue weighted by molar-refractivity contribution is 8.01. The Labute approximate surface area is 133 Å². The van der Waals surface area contributed by atoms with E-state index in [0.717, 1.165) is 33.2 Å². The predicted octanol–water partition coefficient (Wildman–Crippen LogP) is 4.40. The van der Waals surface area contributed by atoms with Gasteiger partial charge in [0.25, 0.3) is 0 Å². The van der Waals surface area contributed by atoms with Crippen LogP contribution in [0.15, 0.2) is 27.4 Å². The van der Waals surface area contributed by atoms with E-state index in [9.17, 15) is 0 Å². The molecule has 1 aromatic heterocycles. The number of benzene rings is 1. The van der Waals surface area contributed by atoms with Gasteiger partial charge < -0.3 is 5.32 Å². The number of hydrogen-bond acceptors (Lipinski definition) is 5. The first-order chi connectivity index (χ1) is 9.54. The summed E-state index contributed by atoms with van der Waals surface area (Å²) < 4.78 is 5.10. The van der Waals surface area contributed by atoms with Gasteiger partial charge >= 0.3 is 0 Å². The zero-order chi connectivity index (χ0) is 14.5. The minimum absolute atomic E-state index is 0.654. The van der Waals surface area contributed by atoms with Gasteiger partial charge in [-0.05, 0) is 48.6 Å². The lowest BCUT2D eigenvalue weighted by molar-refractivity contribution is 0.552. The standard InChI is InChI=1S/C14H18ClN3S2/c1-9(2)7-16-8-11-4-5-13(12(15)6-11)19-14-17-10(3)18-20-14/h4-6,9,16H,7-8H2,1-3H3. The molecular formula is C14H18ClN3S2. The van der Waals surface area contributed by atoms with Crippen molar-refractivity contribution in [2.75, 3.05) is 6.54 Å². The van der Waals surface area contributed by atoms with Gasteiger partial charge in [0, 0.05) is 11.4 Å². The van der Waals surface area contributed by atoms with Crippen molar-refractivity contribution < 1.29 is 0 Å². The van der Waals surface area contributed by atoms with Crippen molar-refractivity contribution in [2.24, 2.45) is 5.92 Å². The number of halogens is 1. The molecule has 0 radical (unpaired) electrons. The van der Waals surface area contributed by atoms with Crippen molar-refractivity contribution in [2.45, 2.75) is 36.6 Å². The lowest BCUT2D eigenvalue weighted by Gasteiger charge is -2.09. The average molecular weight is 328 g/mol. The molecule has 1 aromatic carbocycles. The highest BCUT2D eigenvalue weighted by atomic mass is 35.5. The van der Waals surface area contributed by atoms with Crippen molar-refractivity contribution in [3.63, 3.8) is 0 Å². The maximum Gasteiger partial charge on any atom is 0.174 e. The normalized spacial score (nSPS) is 11.2. The monoisotopic (exact) mass is 327 g/mol. The summed E-state index contributed by atoms with van der Waals surface area (Å²) in [5.41, 5.74) is 1.20. The minimum Gasteiger partial charge on any atom is -0.312 e. The summed E-state index contributed by atoms with van der Waals surface area (Å²) in [5.74, 6) is 1.46. The van der Waals surface area contributed by atoms with E-state index in [-0.39, 0.29) is 0 Å². The van der Waals surface area contributed by atoms with Crippen LogP contribution in [-0.4, -0.2) is 15.9 Å². The van der Waals surface area contributed by atoms with Crippen LogP contribution in [-0.2, 0) is 6.54 Å². The summed E-state index contributed by atoms with van der Waals surface area (Å²) in [6.07, 6.45) is 0. The second-order valence-corrected chi connectivity index (χ2v) is 7.45. The molecule has 0 bridgehead atoms. The quantitative estimate of drug-likeness (QED) is 0.853. The van der Waals surface area contributed by atoms with Crippen molar-refractivity contribution in [1.29, 1.82) is 0 Å². The van der Waals surface area contributed by atoms with Crippen molar-refractivity contribution >= 4 is 34.9 Å². The maximum atomic E-state index is 6.34. The van der Waals surface area contributed by atoms with Crippen LogP contribution in [0.25, 0.3) is 0 Å². The van der Waals surface area contributed by atoms with Gasteiger partial charge in [-0.2, -0.15) is 4.37 Å². The second-order valence-electron chi connectivity index (χ2n) is 5.00. The van der Waals surface area contributed by atoms with Crippen LogP contribution in [0.5, 0.6) is 0 Å². The molecule has 1 heterocycles. The Hall–Kier alpha value is -0.620. The van der Waals surface area contributed by atoms with Crippen LogP contribution in [0, 0.1) is 12.8 Å². The Morgan fingerprint density at radius 2 is 2.20 bits per heavy atom. The highest BCUT2D eigenvalue weighted by Crippen LogP contribution is 2.34. The zero-order valence-electron chi connectivity index (χ0n) is 11.8. The van der Waals surface area contributed by atoms with E-state index in [1.807, 2.05) is 13.0 Å². The molecule has 0 aliphatic rings. The molecule has 6 heteroatoms. The van der Waals surface area contributed by atoms with Gasteiger partial charge in [0.15, 0.2) is 4.34 Å². The Morgan fingerprint density at radius 1 is 1.40 bits per heavy atom. The van der Waals surface area contributed by atoms with Crippen molar-refractivity contribution in [3.05, 3.63) is 34.6 Å². The number of aromatic nitrogens is 2. The third kappa shape index (κ3) is 4.74. The maximum absolute atomic E-state index is 6.34. The fourth-order valence-electron chi connectivity index (χ4n) is 1.66. The van der Waals surface area contributed by atoms with E-state index >= 15 is 0 Å². The van der Waals surface area contributed by atoms with Gasteiger partial charge in [0.1, 0.15) is 5.82 Å². The predicted molar refractivity (Wildman–Crippen MR) is 86.8 cm³/mol. The first kappa shape index (κ1) is 15.8. The SMILES string of the molecule is Cc1nsc(Sc2ccc(CNCC(C)C)cc2Cl)n1. The van der Waals surface area contributed by atoms with Crippen LogP contribution < -0.4 is 5.32 Å². The van der Waals surface area contributed by atoms with Gasteiger partial charge in [-0.25, -0.2) is 4.98 Å². The number of rotatable bonds is 6. The van der Waals surface area contributed by atoms with Crippen LogP contribution in [0.2, 0.25) is 5.02 Å². The molecule has 0 fully saturated rings. The molecular weight excluding hydrogens is 310 g/mol. The van der Waals surface area contributed by atoms with E-state index in [0.29, 0.717) is 5.92 Å². The average Bonchev–Trinajstić information content (AvgIpc) is 2.78. The van der Waals surface area contributed by atoms with Gasteiger partial charge in [-0.3, -0.25) is 0 Å². The Morgan fingerprint density at radius 3 is 2.80 bits per heavy atom. The molecule has 0 saturated heterocycles. The Kier molecular flexibility index (Phi) is 5.84. The van der Waals surface area contributed by atoms with Crippen LogP contribution in [0.4, 0.5) is 0 Å². The molecule has 0 atom stereocenters. The number of hydrogen-bond donors (Lipinski definition) is 1. The van der Waals surface area contributed by atoms with E-state index < -0.39 is 0 Å². The molecule has 0 aliphatic carbocycles. The number of nitrogens with zero attached hydrogens (tertiary/aromatic N) is 2. The molecule has 3 nitrogen and oxygen atoms in total. The topological polar surface area (TPSA) is 37.8 Å². The summed E-state index contributed by atoms with van der Waals surface area (Å²) in [4.78, 5) is 5.36. The molecule has 0 unspecified atom stereocenters. The molecule has 0 amide bonds. The molecule has 2 rings (SSSR count). The van der Waals surface area contributed by atoms with E-state index in [4.69, 9.17) is 11.6 Å².